The summed E-state index contributed by atoms with van der Waals surface area (Å²) in [5.41, 5.74) is 14.1. The number of hydrogen-bond donors (Lipinski definition) is 12. The van der Waals surface area contributed by atoms with Crippen molar-refractivity contribution in [1.29, 1.82) is 0 Å². The van der Waals surface area contributed by atoms with Gasteiger partial charge in [0.1, 0.15) is 29.1 Å². The summed E-state index contributed by atoms with van der Waals surface area (Å²) in [6, 6.07) is 53.8. The molecule has 128 heavy (non-hydrogen) atoms. The van der Waals surface area contributed by atoms with Gasteiger partial charge in [-0.2, -0.15) is 24.9 Å². The normalized spacial score (nSPS) is 11.3. The van der Waals surface area contributed by atoms with Crippen LogP contribution in [0.15, 0.2) is 207 Å². The molecule has 7 heterocycles. The van der Waals surface area contributed by atoms with E-state index in [0.29, 0.717) is 62.3 Å². The summed E-state index contributed by atoms with van der Waals surface area (Å²) in [6.07, 6.45) is 13.6. The second-order valence-corrected chi connectivity index (χ2v) is 38.4. The Bertz CT molecular complexity index is 6050. The molecule has 0 amide bonds. The number of nitrogens with zero attached hydrogens (tertiary/aromatic N) is 14. The van der Waals surface area contributed by atoms with E-state index in [1.165, 1.54) is 16.3 Å². The molecule has 0 unspecified atom stereocenters. The summed E-state index contributed by atoms with van der Waals surface area (Å²) in [7, 11) is 4.06. The second kappa shape index (κ2) is 43.8. The zero-order valence-electron chi connectivity index (χ0n) is 78.2. The largest absolute Gasteiger partial charge is 0.378 e. The minimum atomic E-state index is -0.118. The van der Waals surface area contributed by atoms with Crippen LogP contribution < -0.4 is 63.4 Å². The maximum Gasteiger partial charge on any atom is 0.225 e. The van der Waals surface area contributed by atoms with Gasteiger partial charge in [-0.25, -0.2) is 39.7 Å². The number of rotatable bonds is 19. The van der Waals surface area contributed by atoms with Crippen molar-refractivity contribution in [2.75, 3.05) is 77.5 Å². The molecule has 0 radical (unpaired) electrons. The predicted octanol–water partition coefficient (Wildman–Crippen LogP) is 26.2. The first-order valence-electron chi connectivity index (χ1n) is 42.2. The Hall–Kier alpha value is -13.2. The Kier molecular flexibility index (Phi) is 33.7. The van der Waals surface area contributed by atoms with Crippen molar-refractivity contribution in [3.63, 3.8) is 0 Å². The van der Waals surface area contributed by atoms with E-state index in [-0.39, 0.29) is 33.2 Å². The van der Waals surface area contributed by atoms with Crippen LogP contribution in [0.4, 0.5) is 105 Å². The molecule has 26 nitrogen and oxygen atoms in total. The average molecular weight is 1780 g/mol. The molecule has 0 aliphatic rings. The Balaban J connectivity index is 0.000000174. The van der Waals surface area contributed by atoms with Gasteiger partial charge >= 0.3 is 0 Å². The van der Waals surface area contributed by atoms with E-state index in [2.05, 4.69) is 310 Å². The number of aromatic amines is 1. The topological polar surface area (TPSA) is 310 Å². The molecule has 7 aromatic heterocycles. The zero-order chi connectivity index (χ0) is 93.5. The second-order valence-electron chi connectivity index (χ2n) is 37.2. The Morgan fingerprint density at radius 2 is 0.727 bits per heavy atom. The van der Waals surface area contributed by atoms with E-state index in [1.54, 1.807) is 48.9 Å². The van der Waals surface area contributed by atoms with E-state index < -0.39 is 0 Å². The first kappa shape index (κ1) is 98.6. The van der Waals surface area contributed by atoms with Gasteiger partial charge in [-0.3, -0.25) is 0 Å². The van der Waals surface area contributed by atoms with Gasteiger partial charge in [0.15, 0.2) is 0 Å². The number of halogens is 3. The standard InChI is InChI=1S/C19H22N4.C17H21N5.C17H25N5.C16H18ClN5.C15H18Cl2N4.C15H19N3/c1-13-12-20-18(23-19(2,3)4)22-17(13)21-16-11-7-9-14-8-5-6-10-15(14)16;1-11-10-19-16(22-17(2,3)4)21-15(11)20-14-7-5-6-13-12(14)8-9-18-13;1-12-11-18-16(21-17(2,3)4)20-15(12)19-13-8-7-9-14(10-13)22(5)6;1-10-9-19-15(22-16(2,3)4)21-14(10)20-11-6-7-13(18-5)12(17)8-11;1-9-8-18-14(21-15(2,3)4)20-13(9)19-10-5-6-11(16)12(17)7-10;1-15(2,3)18-14-16-10-9-13(17-14)11-12-7-5-4-6-8-12/h5-12H,1-4H3,(H2,20,21,22,23);5-10,18H,1-4H3,(H2,19,20,21,22);7-11H,1-6H3,(H2,18,19,20,21);6-9H,1-4H3,(H2,19,20,21,22);5-8H,1-4H3,(H2,18,19,20,21);4-10H,11H2,1-3H3,(H,16,17,18). The average Bonchev–Trinajstić information content (AvgIpc) is 1.48. The molecular weight excluding hydrogens is 1660 g/mol. The smallest absolute Gasteiger partial charge is 0.225 e. The molecule has 14 aromatic rings. The molecule has 0 aliphatic heterocycles. The number of aryl methyl sites for hydroxylation is 5. The van der Waals surface area contributed by atoms with Gasteiger partial charge < -0.3 is 68.4 Å². The van der Waals surface area contributed by atoms with Crippen LogP contribution in [0, 0.1) is 41.2 Å². The lowest BCUT2D eigenvalue weighted by Crippen LogP contribution is -2.27. The number of hydrogen-bond acceptors (Lipinski definition) is 24. The predicted molar refractivity (Wildman–Crippen MR) is 539 cm³/mol. The molecule has 0 saturated carbocycles. The summed E-state index contributed by atoms with van der Waals surface area (Å²) in [6.45, 7) is 54.3. The fraction of sp³-hybridized carbons (Fsp3) is 0.323. The Morgan fingerprint density at radius 1 is 0.352 bits per heavy atom. The summed E-state index contributed by atoms with van der Waals surface area (Å²) < 4.78 is 0. The molecule has 12 N–H and O–H groups in total. The van der Waals surface area contributed by atoms with Gasteiger partial charge in [0.05, 0.1) is 22.3 Å². The van der Waals surface area contributed by atoms with Crippen molar-refractivity contribution in [2.45, 2.75) is 199 Å². The SMILES string of the molecule is CC(C)(C)Nc1nccc(Cc2ccccc2)n1.Cc1cnc(NC(C)(C)C)nc1Nc1ccc(Cl)c(Cl)c1.Cc1cnc(NC(C)(C)C)nc1Nc1cccc(N(C)C)c1.Cc1cnc(NC(C)(C)C)nc1Nc1cccc2[nH]ccc12.Cc1cnc(NC(C)(C)C)nc1Nc1cccc2ccccc12.[C-]#[N+]c1ccc(Nc2nc(NC(C)(C)C)ncc2C)cc1Cl. The summed E-state index contributed by atoms with van der Waals surface area (Å²) >= 11 is 18.0. The molecule has 7 aromatic carbocycles. The number of H-pyrrole nitrogens is 1. The molecule has 0 spiro atoms. The number of fused-ring (bicyclic) bond motifs is 2. The lowest BCUT2D eigenvalue weighted by molar-refractivity contribution is 0.624. The molecule has 0 atom stereocenters. The third-order valence-electron chi connectivity index (χ3n) is 17.7. The van der Waals surface area contributed by atoms with Crippen LogP contribution in [-0.2, 0) is 6.42 Å². The summed E-state index contributed by atoms with van der Waals surface area (Å²) in [4.78, 5) is 61.8. The number of benzene rings is 7. The molecule has 0 bridgehead atoms. The summed E-state index contributed by atoms with van der Waals surface area (Å²) in [5, 5.41) is 41.3. The van der Waals surface area contributed by atoms with Gasteiger partial charge in [0, 0.05) is 180 Å². The van der Waals surface area contributed by atoms with Crippen LogP contribution in [0.25, 0.3) is 26.5 Å². The molecule has 0 saturated heterocycles. The lowest BCUT2D eigenvalue weighted by Gasteiger charge is -2.21. The third kappa shape index (κ3) is 33.0. The number of nitrogens with one attached hydrogen (secondary N) is 12. The lowest BCUT2D eigenvalue weighted by atomic mass is 10.1. The van der Waals surface area contributed by atoms with Crippen molar-refractivity contribution in [2.24, 2.45) is 0 Å². The van der Waals surface area contributed by atoms with Crippen LogP contribution in [0.5, 0.6) is 0 Å². The number of anilines is 17. The fourth-order valence-corrected chi connectivity index (χ4v) is 12.3. The van der Waals surface area contributed by atoms with Crippen LogP contribution in [0.3, 0.4) is 0 Å². The molecule has 670 valence electrons. The van der Waals surface area contributed by atoms with Gasteiger partial charge in [-0.05, 0) is 249 Å². The van der Waals surface area contributed by atoms with Crippen molar-refractivity contribution in [3.05, 3.63) is 273 Å². The van der Waals surface area contributed by atoms with Crippen molar-refractivity contribution in [1.82, 2.24) is 64.8 Å². The van der Waals surface area contributed by atoms with Crippen molar-refractivity contribution < 1.29 is 0 Å². The van der Waals surface area contributed by atoms with Gasteiger partial charge in [-0.15, -0.1) is 0 Å². The molecule has 0 aliphatic carbocycles. The van der Waals surface area contributed by atoms with E-state index in [0.717, 1.165) is 108 Å². The maximum atomic E-state index is 7.01. The minimum Gasteiger partial charge on any atom is -0.378 e. The van der Waals surface area contributed by atoms with E-state index in [1.807, 2.05) is 155 Å². The highest BCUT2D eigenvalue weighted by atomic mass is 35.5. The Labute approximate surface area is 770 Å². The van der Waals surface area contributed by atoms with E-state index >= 15 is 0 Å². The fourth-order valence-electron chi connectivity index (χ4n) is 11.8. The highest BCUT2D eigenvalue weighted by Crippen LogP contribution is 2.34. The third-order valence-corrected chi connectivity index (χ3v) is 18.8. The van der Waals surface area contributed by atoms with Crippen LogP contribution in [-0.4, -0.2) is 112 Å². The van der Waals surface area contributed by atoms with Gasteiger partial charge in [0.2, 0.25) is 41.4 Å². The molecule has 29 heteroatoms. The molecular formula is C99H123Cl3N26. The van der Waals surface area contributed by atoms with Crippen molar-refractivity contribution in [3.8, 4) is 0 Å². The van der Waals surface area contributed by atoms with E-state index in [9.17, 15) is 0 Å². The van der Waals surface area contributed by atoms with Gasteiger partial charge in [0.25, 0.3) is 0 Å². The first-order valence-corrected chi connectivity index (χ1v) is 43.3. The van der Waals surface area contributed by atoms with Crippen LogP contribution in [0.1, 0.15) is 164 Å². The van der Waals surface area contributed by atoms with Crippen LogP contribution in [0.2, 0.25) is 15.1 Å². The number of aromatic nitrogens is 13. The van der Waals surface area contributed by atoms with E-state index in [4.69, 9.17) is 41.4 Å². The Morgan fingerprint density at radius 3 is 1.15 bits per heavy atom. The maximum absolute atomic E-state index is 7.01. The highest BCUT2D eigenvalue weighted by molar-refractivity contribution is 6.42. The van der Waals surface area contributed by atoms with Crippen molar-refractivity contribution >= 4 is 161 Å². The zero-order valence-corrected chi connectivity index (χ0v) is 80.5. The summed E-state index contributed by atoms with van der Waals surface area (Å²) in [5.74, 6) is 7.60. The monoisotopic (exact) mass is 1780 g/mol. The quantitative estimate of drug-likeness (QED) is 0.0335. The minimum absolute atomic E-state index is 0.0225. The van der Waals surface area contributed by atoms with Crippen LogP contribution >= 0.6 is 34.8 Å². The highest BCUT2D eigenvalue weighted by Gasteiger charge is 2.21. The first-order chi connectivity index (χ1) is 60.1. The molecule has 0 fully saturated rings. The molecule has 14 rings (SSSR count). The van der Waals surface area contributed by atoms with Gasteiger partial charge in [-0.1, -0.05) is 120 Å².